The minimum absolute atomic E-state index is 0.0276. The maximum absolute atomic E-state index is 12.5. The van der Waals surface area contributed by atoms with E-state index in [1.165, 1.54) is 19.1 Å². The molecule has 0 saturated carbocycles. The SMILES string of the molecule is CC(=O)c1cc2c(cc1NC(=O)c1nc(Cl)c(Cl)c(Cl)c1Cl)OCO2. The van der Waals surface area contributed by atoms with Gasteiger partial charge in [0.25, 0.3) is 5.91 Å². The zero-order valence-electron chi connectivity index (χ0n) is 12.5. The Morgan fingerprint density at radius 1 is 1.04 bits per heavy atom. The second kappa shape index (κ2) is 6.88. The fourth-order valence-electron chi connectivity index (χ4n) is 2.16. The minimum atomic E-state index is -0.716. The van der Waals surface area contributed by atoms with E-state index in [1.807, 2.05) is 0 Å². The number of benzene rings is 1. The van der Waals surface area contributed by atoms with Crippen LogP contribution < -0.4 is 14.8 Å². The number of rotatable bonds is 3. The maximum atomic E-state index is 12.5. The largest absolute Gasteiger partial charge is 0.454 e. The molecule has 0 saturated heterocycles. The van der Waals surface area contributed by atoms with Crippen molar-refractivity contribution in [3.05, 3.63) is 43.6 Å². The highest BCUT2D eigenvalue weighted by Crippen LogP contribution is 2.39. The summed E-state index contributed by atoms with van der Waals surface area (Å²) in [6.45, 7) is 1.38. The quantitative estimate of drug-likeness (QED) is 0.564. The van der Waals surface area contributed by atoms with Gasteiger partial charge >= 0.3 is 0 Å². The predicted octanol–water partition coefficient (Wildman–Crippen LogP) is 4.88. The molecule has 0 atom stereocenters. The van der Waals surface area contributed by atoms with Gasteiger partial charge in [0.2, 0.25) is 6.79 Å². The molecule has 10 heteroatoms. The van der Waals surface area contributed by atoms with Crippen LogP contribution in [0.2, 0.25) is 20.2 Å². The second-order valence-electron chi connectivity index (χ2n) is 4.95. The van der Waals surface area contributed by atoms with Crippen molar-refractivity contribution in [2.75, 3.05) is 12.1 Å². The van der Waals surface area contributed by atoms with Crippen LogP contribution in [0.4, 0.5) is 5.69 Å². The van der Waals surface area contributed by atoms with E-state index < -0.39 is 5.91 Å². The molecule has 1 amide bonds. The number of fused-ring (bicyclic) bond motifs is 1. The van der Waals surface area contributed by atoms with Crippen molar-refractivity contribution in [2.45, 2.75) is 6.92 Å². The number of ether oxygens (including phenoxy) is 2. The number of Topliss-reactive ketones (excluding diaryl/α,β-unsaturated/α-hetero) is 1. The summed E-state index contributed by atoms with van der Waals surface area (Å²) in [5.74, 6) is -0.185. The van der Waals surface area contributed by atoms with Crippen molar-refractivity contribution in [2.24, 2.45) is 0 Å². The second-order valence-corrected chi connectivity index (χ2v) is 6.45. The Morgan fingerprint density at radius 2 is 1.68 bits per heavy atom. The van der Waals surface area contributed by atoms with Crippen LogP contribution in [0.3, 0.4) is 0 Å². The van der Waals surface area contributed by atoms with Crippen molar-refractivity contribution >= 4 is 63.8 Å². The molecule has 1 aromatic heterocycles. The fourth-order valence-corrected chi connectivity index (χ4v) is 2.97. The molecule has 25 heavy (non-hydrogen) atoms. The van der Waals surface area contributed by atoms with E-state index in [2.05, 4.69) is 10.3 Å². The van der Waals surface area contributed by atoms with E-state index in [1.54, 1.807) is 0 Å². The molecular weight excluding hydrogens is 414 g/mol. The summed E-state index contributed by atoms with van der Waals surface area (Å²) in [6.07, 6.45) is 0. The highest BCUT2D eigenvalue weighted by Gasteiger charge is 2.24. The topological polar surface area (TPSA) is 77.5 Å². The number of carbonyl (C=O) groups excluding carboxylic acids is 2. The Morgan fingerprint density at radius 3 is 2.32 bits per heavy atom. The van der Waals surface area contributed by atoms with Crippen molar-refractivity contribution in [1.29, 1.82) is 0 Å². The Balaban J connectivity index is 2.01. The lowest BCUT2D eigenvalue weighted by molar-refractivity contribution is 0.101. The summed E-state index contributed by atoms with van der Waals surface area (Å²) < 4.78 is 10.5. The van der Waals surface area contributed by atoms with Crippen molar-refractivity contribution < 1.29 is 19.1 Å². The lowest BCUT2D eigenvalue weighted by atomic mass is 10.1. The molecule has 2 aromatic rings. The minimum Gasteiger partial charge on any atom is -0.454 e. The molecule has 0 radical (unpaired) electrons. The van der Waals surface area contributed by atoms with Gasteiger partial charge in [-0.05, 0) is 13.0 Å². The number of pyridine rings is 1. The molecule has 3 rings (SSSR count). The summed E-state index contributed by atoms with van der Waals surface area (Å²) in [7, 11) is 0. The van der Waals surface area contributed by atoms with Crippen molar-refractivity contribution in [1.82, 2.24) is 4.98 Å². The third-order valence-corrected chi connectivity index (χ3v) is 5.02. The van der Waals surface area contributed by atoms with Gasteiger partial charge < -0.3 is 14.8 Å². The number of anilines is 1. The Hall–Kier alpha value is -1.73. The van der Waals surface area contributed by atoms with Crippen LogP contribution >= 0.6 is 46.4 Å². The molecule has 130 valence electrons. The van der Waals surface area contributed by atoms with E-state index in [-0.39, 0.29) is 49.7 Å². The van der Waals surface area contributed by atoms with E-state index in [0.29, 0.717) is 11.5 Å². The highest BCUT2D eigenvalue weighted by molar-refractivity contribution is 6.52. The smallest absolute Gasteiger partial charge is 0.275 e. The number of ketones is 1. The predicted molar refractivity (Wildman–Crippen MR) is 94.8 cm³/mol. The summed E-state index contributed by atoms with van der Waals surface area (Å²) in [6, 6.07) is 2.96. The number of nitrogens with zero attached hydrogens (tertiary/aromatic N) is 1. The summed E-state index contributed by atoms with van der Waals surface area (Å²) in [4.78, 5) is 28.2. The van der Waals surface area contributed by atoms with Gasteiger partial charge in [-0.2, -0.15) is 0 Å². The first-order valence-corrected chi connectivity index (χ1v) is 8.26. The Labute approximate surface area is 161 Å². The summed E-state index contributed by atoms with van der Waals surface area (Å²) >= 11 is 23.6. The average Bonchev–Trinajstić information content (AvgIpc) is 3.02. The van der Waals surface area contributed by atoms with Crippen LogP contribution in [0.15, 0.2) is 12.1 Å². The fraction of sp³-hybridized carbons (Fsp3) is 0.133. The molecule has 1 aromatic carbocycles. The van der Waals surface area contributed by atoms with E-state index in [4.69, 9.17) is 55.9 Å². The first-order chi connectivity index (χ1) is 11.8. The number of halogens is 4. The van der Waals surface area contributed by atoms with Crippen LogP contribution in [0.1, 0.15) is 27.8 Å². The molecule has 1 aliphatic heterocycles. The summed E-state index contributed by atoms with van der Waals surface area (Å²) in [5.41, 5.74) is 0.218. The van der Waals surface area contributed by atoms with Crippen LogP contribution in [0.5, 0.6) is 11.5 Å². The number of hydrogen-bond donors (Lipinski definition) is 1. The van der Waals surface area contributed by atoms with Crippen molar-refractivity contribution in [3.8, 4) is 11.5 Å². The molecule has 0 bridgehead atoms. The number of hydrogen-bond acceptors (Lipinski definition) is 5. The van der Waals surface area contributed by atoms with Gasteiger partial charge in [0.1, 0.15) is 10.8 Å². The van der Waals surface area contributed by atoms with Gasteiger partial charge in [-0.15, -0.1) is 0 Å². The van der Waals surface area contributed by atoms with Gasteiger partial charge in [-0.25, -0.2) is 4.98 Å². The van der Waals surface area contributed by atoms with Crippen molar-refractivity contribution in [3.63, 3.8) is 0 Å². The van der Waals surface area contributed by atoms with Crippen LogP contribution in [-0.4, -0.2) is 23.5 Å². The first kappa shape index (κ1) is 18.1. The van der Waals surface area contributed by atoms with E-state index >= 15 is 0 Å². The number of carbonyl (C=O) groups is 2. The molecule has 2 heterocycles. The van der Waals surface area contributed by atoms with Gasteiger partial charge in [0.05, 0.1) is 20.8 Å². The standard InChI is InChI=1S/C15H8Cl4N2O4/c1-5(22)6-2-8-9(25-4-24-8)3-7(6)20-15(23)13-11(17)10(16)12(18)14(19)21-13/h2-3H,4H2,1H3,(H,20,23). The van der Waals surface area contributed by atoms with E-state index in [9.17, 15) is 9.59 Å². The molecule has 0 unspecified atom stereocenters. The average molecular weight is 422 g/mol. The van der Waals surface area contributed by atoms with Crippen LogP contribution in [0.25, 0.3) is 0 Å². The molecule has 0 aliphatic carbocycles. The molecule has 0 fully saturated rings. The monoisotopic (exact) mass is 420 g/mol. The number of amides is 1. The summed E-state index contributed by atoms with van der Waals surface area (Å²) in [5, 5.41) is 2.08. The van der Waals surface area contributed by atoms with E-state index in [0.717, 1.165) is 0 Å². The third-order valence-electron chi connectivity index (χ3n) is 3.34. The van der Waals surface area contributed by atoms with Gasteiger partial charge in [0.15, 0.2) is 17.3 Å². The molecule has 6 nitrogen and oxygen atoms in total. The normalized spacial score (nSPS) is 12.2. The number of aromatic nitrogens is 1. The first-order valence-electron chi connectivity index (χ1n) is 6.75. The Bertz CT molecular complexity index is 917. The van der Waals surface area contributed by atoms with Crippen LogP contribution in [0, 0.1) is 0 Å². The van der Waals surface area contributed by atoms with Gasteiger partial charge in [-0.1, -0.05) is 46.4 Å². The van der Waals surface area contributed by atoms with Gasteiger partial charge in [-0.3, -0.25) is 9.59 Å². The number of nitrogens with one attached hydrogen (secondary N) is 1. The lowest BCUT2D eigenvalue weighted by Crippen LogP contribution is -2.17. The Kier molecular flexibility index (Phi) is 4.97. The molecule has 1 N–H and O–H groups in total. The zero-order valence-corrected chi connectivity index (χ0v) is 15.5. The molecule has 0 spiro atoms. The molecular formula is C15H8Cl4N2O4. The zero-order chi connectivity index (χ0) is 18.3. The van der Waals surface area contributed by atoms with Gasteiger partial charge in [0, 0.05) is 11.6 Å². The maximum Gasteiger partial charge on any atom is 0.275 e. The van der Waals surface area contributed by atoms with Crippen LogP contribution in [-0.2, 0) is 0 Å². The lowest BCUT2D eigenvalue weighted by Gasteiger charge is -2.12. The molecule has 1 aliphatic rings. The highest BCUT2D eigenvalue weighted by atomic mass is 35.5. The third kappa shape index (κ3) is 3.35.